The van der Waals surface area contributed by atoms with Gasteiger partial charge in [-0.3, -0.25) is 9.48 Å². The van der Waals surface area contributed by atoms with Crippen molar-refractivity contribution in [2.24, 2.45) is 18.7 Å². The molecule has 1 atom stereocenters. The summed E-state index contributed by atoms with van der Waals surface area (Å²) >= 11 is 0. The molecule has 1 heterocycles. The number of nitrogens with zero attached hydrogens (tertiary/aromatic N) is 2. The largest absolute Gasteiger partial charge is 0.330 e. The van der Waals surface area contributed by atoms with Gasteiger partial charge in [-0.05, 0) is 31.7 Å². The zero-order valence-corrected chi connectivity index (χ0v) is 12.3. The first-order chi connectivity index (χ1) is 9.10. The summed E-state index contributed by atoms with van der Waals surface area (Å²) in [4.78, 5) is 11.9. The van der Waals surface area contributed by atoms with Crippen molar-refractivity contribution in [3.05, 3.63) is 11.9 Å². The van der Waals surface area contributed by atoms with Crippen LogP contribution >= 0.6 is 0 Å². The van der Waals surface area contributed by atoms with Crippen molar-refractivity contribution >= 4 is 11.6 Å². The zero-order chi connectivity index (χ0) is 14.3. The molecule has 0 aliphatic heterocycles. The molecule has 0 saturated heterocycles. The summed E-state index contributed by atoms with van der Waals surface area (Å²) in [5.74, 6) is 0.619. The Morgan fingerprint density at radius 2 is 2.21 bits per heavy atom. The molecule has 0 bridgehead atoms. The summed E-state index contributed by atoms with van der Waals surface area (Å²) in [7, 11) is 1.86. The molecular formula is C14H26N4O. The fraction of sp³-hybridized carbons (Fsp3) is 0.714. The summed E-state index contributed by atoms with van der Waals surface area (Å²) in [5.41, 5.74) is 7.33. The van der Waals surface area contributed by atoms with Gasteiger partial charge in [0.05, 0.1) is 11.4 Å². The molecule has 1 unspecified atom stereocenters. The highest BCUT2D eigenvalue weighted by atomic mass is 16.1. The van der Waals surface area contributed by atoms with E-state index in [0.717, 1.165) is 37.1 Å². The second-order valence-electron chi connectivity index (χ2n) is 4.96. The monoisotopic (exact) mass is 266 g/mol. The molecule has 0 saturated carbocycles. The minimum atomic E-state index is 0.0678. The van der Waals surface area contributed by atoms with Crippen LogP contribution in [0.2, 0.25) is 0 Å². The van der Waals surface area contributed by atoms with Crippen LogP contribution in [0, 0.1) is 5.92 Å². The maximum absolute atomic E-state index is 11.9. The quantitative estimate of drug-likeness (QED) is 0.756. The third kappa shape index (κ3) is 5.03. The Morgan fingerprint density at radius 3 is 2.79 bits per heavy atom. The lowest BCUT2D eigenvalue weighted by Crippen LogP contribution is -2.15. The number of anilines is 1. The standard InChI is InChI=1S/C14H26N4O/c1-4-11(8-9-15)6-7-14(19)16-13-10-18(3)17-12(13)5-2/h10-11H,4-9,15H2,1-3H3,(H,16,19). The van der Waals surface area contributed by atoms with E-state index in [4.69, 9.17) is 5.73 Å². The van der Waals surface area contributed by atoms with Gasteiger partial charge >= 0.3 is 0 Å². The highest BCUT2D eigenvalue weighted by Crippen LogP contribution is 2.17. The van der Waals surface area contributed by atoms with Gasteiger partial charge in [0.2, 0.25) is 5.91 Å². The van der Waals surface area contributed by atoms with Crippen LogP contribution in [0.5, 0.6) is 0 Å². The lowest BCUT2D eigenvalue weighted by Gasteiger charge is -2.13. The minimum Gasteiger partial charge on any atom is -0.330 e. The molecule has 0 fully saturated rings. The van der Waals surface area contributed by atoms with E-state index in [1.54, 1.807) is 4.68 Å². The number of nitrogens with one attached hydrogen (secondary N) is 1. The Morgan fingerprint density at radius 1 is 1.47 bits per heavy atom. The first kappa shape index (κ1) is 15.7. The Bertz CT molecular complexity index is 400. The highest BCUT2D eigenvalue weighted by molar-refractivity contribution is 5.91. The Hall–Kier alpha value is -1.36. The summed E-state index contributed by atoms with van der Waals surface area (Å²) in [6, 6.07) is 0. The van der Waals surface area contributed by atoms with E-state index < -0.39 is 0 Å². The number of rotatable bonds is 8. The molecule has 1 aromatic rings. The first-order valence-corrected chi connectivity index (χ1v) is 7.13. The van der Waals surface area contributed by atoms with Crippen LogP contribution in [-0.4, -0.2) is 22.2 Å². The first-order valence-electron chi connectivity index (χ1n) is 7.13. The summed E-state index contributed by atoms with van der Waals surface area (Å²) in [6.07, 6.45) is 6.21. The molecule has 5 heteroatoms. The molecule has 1 rings (SSSR count). The van der Waals surface area contributed by atoms with Crippen LogP contribution < -0.4 is 11.1 Å². The molecule has 0 aromatic carbocycles. The van der Waals surface area contributed by atoms with Crippen molar-refractivity contribution in [2.75, 3.05) is 11.9 Å². The van der Waals surface area contributed by atoms with Crippen LogP contribution in [0.4, 0.5) is 5.69 Å². The molecular weight excluding hydrogens is 240 g/mol. The maximum atomic E-state index is 11.9. The molecule has 1 amide bonds. The molecule has 19 heavy (non-hydrogen) atoms. The van der Waals surface area contributed by atoms with Gasteiger partial charge in [-0.15, -0.1) is 0 Å². The third-order valence-corrected chi connectivity index (χ3v) is 3.45. The maximum Gasteiger partial charge on any atom is 0.224 e. The van der Waals surface area contributed by atoms with E-state index in [1.165, 1.54) is 0 Å². The molecule has 5 nitrogen and oxygen atoms in total. The van der Waals surface area contributed by atoms with Gasteiger partial charge in [0.1, 0.15) is 0 Å². The Labute approximate surface area is 115 Å². The second-order valence-corrected chi connectivity index (χ2v) is 4.96. The van der Waals surface area contributed by atoms with E-state index in [9.17, 15) is 4.79 Å². The number of amides is 1. The SMILES string of the molecule is CCc1nn(C)cc1NC(=O)CCC(CC)CCN. The van der Waals surface area contributed by atoms with Crippen molar-refractivity contribution in [1.29, 1.82) is 0 Å². The van der Waals surface area contributed by atoms with Crippen molar-refractivity contribution in [1.82, 2.24) is 9.78 Å². The van der Waals surface area contributed by atoms with Gasteiger partial charge in [0.25, 0.3) is 0 Å². The molecule has 0 aliphatic rings. The predicted molar refractivity (Wildman–Crippen MR) is 77.9 cm³/mol. The average molecular weight is 266 g/mol. The molecule has 108 valence electrons. The van der Waals surface area contributed by atoms with Gasteiger partial charge in [-0.25, -0.2) is 0 Å². The minimum absolute atomic E-state index is 0.0678. The Kier molecular flexibility index (Phi) is 6.56. The topological polar surface area (TPSA) is 72.9 Å². The summed E-state index contributed by atoms with van der Waals surface area (Å²) in [6.45, 7) is 4.88. The van der Waals surface area contributed by atoms with Crippen LogP contribution in [-0.2, 0) is 18.3 Å². The zero-order valence-electron chi connectivity index (χ0n) is 12.3. The van der Waals surface area contributed by atoms with Crippen LogP contribution in [0.15, 0.2) is 6.20 Å². The molecule has 0 radical (unpaired) electrons. The van der Waals surface area contributed by atoms with Crippen LogP contribution in [0.3, 0.4) is 0 Å². The van der Waals surface area contributed by atoms with Gasteiger partial charge < -0.3 is 11.1 Å². The predicted octanol–water partition coefficient (Wildman–Crippen LogP) is 2.08. The lowest BCUT2D eigenvalue weighted by atomic mass is 9.96. The van der Waals surface area contributed by atoms with Crippen LogP contribution in [0.1, 0.15) is 45.2 Å². The summed E-state index contributed by atoms with van der Waals surface area (Å²) in [5, 5.41) is 7.26. The van der Waals surface area contributed by atoms with Gasteiger partial charge in [0.15, 0.2) is 0 Å². The number of nitrogens with two attached hydrogens (primary N) is 1. The number of aromatic nitrogens is 2. The number of hydrogen-bond acceptors (Lipinski definition) is 3. The third-order valence-electron chi connectivity index (χ3n) is 3.45. The second kappa shape index (κ2) is 7.94. The van der Waals surface area contributed by atoms with Gasteiger partial charge in [-0.2, -0.15) is 5.10 Å². The van der Waals surface area contributed by atoms with Crippen molar-refractivity contribution in [3.8, 4) is 0 Å². The van der Waals surface area contributed by atoms with Crippen molar-refractivity contribution in [2.45, 2.75) is 46.0 Å². The van der Waals surface area contributed by atoms with E-state index in [-0.39, 0.29) is 5.91 Å². The van der Waals surface area contributed by atoms with Gasteiger partial charge in [0, 0.05) is 19.7 Å². The number of carbonyl (C=O) groups excluding carboxylic acids is 1. The Balaban J connectivity index is 2.46. The number of carbonyl (C=O) groups is 1. The highest BCUT2D eigenvalue weighted by Gasteiger charge is 2.12. The molecule has 1 aromatic heterocycles. The smallest absolute Gasteiger partial charge is 0.224 e. The number of hydrogen-bond donors (Lipinski definition) is 2. The van der Waals surface area contributed by atoms with Gasteiger partial charge in [-0.1, -0.05) is 20.3 Å². The molecule has 0 aliphatic carbocycles. The van der Waals surface area contributed by atoms with E-state index in [0.29, 0.717) is 18.9 Å². The normalized spacial score (nSPS) is 12.4. The van der Waals surface area contributed by atoms with E-state index >= 15 is 0 Å². The average Bonchev–Trinajstić information content (AvgIpc) is 2.74. The lowest BCUT2D eigenvalue weighted by molar-refractivity contribution is -0.116. The van der Waals surface area contributed by atoms with Crippen molar-refractivity contribution in [3.63, 3.8) is 0 Å². The van der Waals surface area contributed by atoms with E-state index in [1.807, 2.05) is 20.2 Å². The fourth-order valence-corrected chi connectivity index (χ4v) is 2.24. The van der Waals surface area contributed by atoms with Crippen LogP contribution in [0.25, 0.3) is 0 Å². The molecule has 0 spiro atoms. The molecule has 3 N–H and O–H groups in total. The number of aryl methyl sites for hydroxylation is 2. The van der Waals surface area contributed by atoms with E-state index in [2.05, 4.69) is 17.3 Å². The summed E-state index contributed by atoms with van der Waals surface area (Å²) < 4.78 is 1.73. The van der Waals surface area contributed by atoms with Crippen molar-refractivity contribution < 1.29 is 4.79 Å². The fourth-order valence-electron chi connectivity index (χ4n) is 2.24.